The van der Waals surface area contributed by atoms with E-state index in [1.165, 1.54) is 12.5 Å². The van der Waals surface area contributed by atoms with Crippen LogP contribution >= 0.6 is 0 Å². The van der Waals surface area contributed by atoms with Crippen molar-refractivity contribution in [1.82, 2.24) is 4.90 Å². The number of allylic oxidation sites excluding steroid dienone is 2. The van der Waals surface area contributed by atoms with Crippen LogP contribution in [-0.4, -0.2) is 49.2 Å². The number of rotatable bonds is 6. The molecule has 0 aromatic heterocycles. The summed E-state index contributed by atoms with van der Waals surface area (Å²) in [5.74, 6) is -0.363. The molecule has 0 radical (unpaired) electrons. The number of aryl methyl sites for hydroxylation is 1. The van der Waals surface area contributed by atoms with Gasteiger partial charge in [-0.3, -0.25) is 14.6 Å². The van der Waals surface area contributed by atoms with Crippen LogP contribution in [-0.2, 0) is 4.79 Å². The average Bonchev–Trinajstić information content (AvgIpc) is 2.83. The number of nitrogens with zero attached hydrogens (tertiary/aromatic N) is 2. The highest BCUT2D eigenvalue weighted by Gasteiger charge is 2.25. The summed E-state index contributed by atoms with van der Waals surface area (Å²) in [6.45, 7) is 6.36. The van der Waals surface area contributed by atoms with E-state index in [0.29, 0.717) is 30.3 Å². The molecule has 1 saturated heterocycles. The Bertz CT molecular complexity index is 1050. The minimum absolute atomic E-state index is 0.0656. The van der Waals surface area contributed by atoms with E-state index >= 15 is 0 Å². The van der Waals surface area contributed by atoms with Gasteiger partial charge in [-0.2, -0.15) is 0 Å². The van der Waals surface area contributed by atoms with Gasteiger partial charge in [0.05, 0.1) is 0 Å². The molecule has 33 heavy (non-hydrogen) atoms. The molecule has 0 saturated carbocycles. The fourth-order valence-electron chi connectivity index (χ4n) is 4.12. The van der Waals surface area contributed by atoms with Crippen LogP contribution in [0, 0.1) is 6.92 Å². The van der Waals surface area contributed by atoms with Gasteiger partial charge in [0.15, 0.2) is 6.17 Å². The molecule has 5 nitrogen and oxygen atoms in total. The zero-order chi connectivity index (χ0) is 24.0. The van der Waals surface area contributed by atoms with Gasteiger partial charge in [-0.25, -0.2) is 4.39 Å². The lowest BCUT2D eigenvalue weighted by Crippen LogP contribution is -2.38. The monoisotopic (exact) mass is 449 g/mol. The van der Waals surface area contributed by atoms with Crippen LogP contribution in [0.4, 0.5) is 10.1 Å². The molecule has 1 unspecified atom stereocenters. The SMILES string of the molecule is C/C=C(\C=NC)c1ccc(C2CCN(C(=O)c3ccc(C)c(NC(=O)C(C)F)c3)CC2)cc1. The van der Waals surface area contributed by atoms with E-state index in [1.807, 2.05) is 31.0 Å². The highest BCUT2D eigenvalue weighted by molar-refractivity contribution is 6.09. The van der Waals surface area contributed by atoms with Crippen LogP contribution in [0.5, 0.6) is 0 Å². The molecule has 1 aliphatic heterocycles. The fraction of sp³-hybridized carbons (Fsp3) is 0.370. The second-order valence-electron chi connectivity index (χ2n) is 8.45. The molecule has 2 aromatic rings. The number of hydrogen-bond donors (Lipinski definition) is 1. The van der Waals surface area contributed by atoms with Crippen molar-refractivity contribution in [3.8, 4) is 0 Å². The van der Waals surface area contributed by atoms with Crippen LogP contribution < -0.4 is 5.32 Å². The van der Waals surface area contributed by atoms with Gasteiger partial charge in [0.1, 0.15) is 0 Å². The number of carbonyl (C=O) groups is 2. The van der Waals surface area contributed by atoms with Crippen molar-refractivity contribution < 1.29 is 14.0 Å². The topological polar surface area (TPSA) is 61.8 Å². The van der Waals surface area contributed by atoms with Crippen molar-refractivity contribution >= 4 is 29.3 Å². The lowest BCUT2D eigenvalue weighted by atomic mass is 9.88. The van der Waals surface area contributed by atoms with Crippen molar-refractivity contribution in [1.29, 1.82) is 0 Å². The second kappa shape index (κ2) is 11.0. The number of hydrogen-bond acceptors (Lipinski definition) is 3. The molecule has 6 heteroatoms. The molecule has 1 heterocycles. The van der Waals surface area contributed by atoms with E-state index in [4.69, 9.17) is 0 Å². The zero-order valence-corrected chi connectivity index (χ0v) is 19.8. The first-order valence-corrected chi connectivity index (χ1v) is 11.4. The Morgan fingerprint density at radius 1 is 1.12 bits per heavy atom. The first kappa shape index (κ1) is 24.4. The first-order chi connectivity index (χ1) is 15.8. The maximum Gasteiger partial charge on any atom is 0.258 e. The summed E-state index contributed by atoms with van der Waals surface area (Å²) in [5.41, 5.74) is 5.29. The van der Waals surface area contributed by atoms with E-state index in [0.717, 1.165) is 29.5 Å². The number of aliphatic imine (C=N–C) groups is 1. The molecular formula is C27H32FN3O2. The number of benzene rings is 2. The van der Waals surface area contributed by atoms with Crippen LogP contribution in [0.3, 0.4) is 0 Å². The molecule has 1 atom stereocenters. The van der Waals surface area contributed by atoms with Gasteiger partial charge < -0.3 is 10.2 Å². The van der Waals surface area contributed by atoms with Gasteiger partial charge in [0, 0.05) is 37.6 Å². The van der Waals surface area contributed by atoms with Crippen LogP contribution in [0.25, 0.3) is 5.57 Å². The minimum atomic E-state index is -1.61. The second-order valence-corrected chi connectivity index (χ2v) is 8.45. The molecule has 2 aromatic carbocycles. The maximum atomic E-state index is 13.3. The summed E-state index contributed by atoms with van der Waals surface area (Å²) in [6, 6.07) is 13.8. The zero-order valence-electron chi connectivity index (χ0n) is 19.8. The Kier molecular flexibility index (Phi) is 8.15. The molecule has 2 amide bonds. The third kappa shape index (κ3) is 5.95. The summed E-state index contributed by atoms with van der Waals surface area (Å²) < 4.78 is 13.3. The number of nitrogens with one attached hydrogen (secondary N) is 1. The van der Waals surface area contributed by atoms with E-state index in [9.17, 15) is 14.0 Å². The van der Waals surface area contributed by atoms with Crippen molar-refractivity contribution in [3.05, 3.63) is 70.8 Å². The lowest BCUT2D eigenvalue weighted by molar-refractivity contribution is -0.120. The molecule has 1 aliphatic rings. The van der Waals surface area contributed by atoms with Gasteiger partial charge in [0.25, 0.3) is 11.8 Å². The van der Waals surface area contributed by atoms with Crippen molar-refractivity contribution in [3.63, 3.8) is 0 Å². The highest BCUT2D eigenvalue weighted by atomic mass is 19.1. The van der Waals surface area contributed by atoms with Crippen LogP contribution in [0.15, 0.2) is 53.5 Å². The Morgan fingerprint density at radius 3 is 2.33 bits per heavy atom. The lowest BCUT2D eigenvalue weighted by Gasteiger charge is -2.32. The van der Waals surface area contributed by atoms with Gasteiger partial charge in [-0.1, -0.05) is 36.4 Å². The van der Waals surface area contributed by atoms with E-state index < -0.39 is 12.1 Å². The third-order valence-corrected chi connectivity index (χ3v) is 6.18. The average molecular weight is 450 g/mol. The predicted octanol–water partition coefficient (Wildman–Crippen LogP) is 5.42. The predicted molar refractivity (Wildman–Crippen MR) is 133 cm³/mol. The number of amides is 2. The number of carbonyl (C=O) groups excluding carboxylic acids is 2. The van der Waals surface area contributed by atoms with E-state index in [-0.39, 0.29) is 5.91 Å². The molecule has 0 aliphatic carbocycles. The normalized spacial score (nSPS) is 16.2. The van der Waals surface area contributed by atoms with Crippen molar-refractivity contribution in [2.75, 3.05) is 25.5 Å². The summed E-state index contributed by atoms with van der Waals surface area (Å²) in [7, 11) is 1.77. The molecule has 0 bridgehead atoms. The van der Waals surface area contributed by atoms with Crippen molar-refractivity contribution in [2.45, 2.75) is 45.7 Å². The molecule has 1 N–H and O–H groups in total. The standard InChI is InChI=1S/C27H32FN3O2/c1-5-20(17-29-4)21-8-10-22(11-9-21)23-12-14-31(15-13-23)27(33)24-7-6-18(2)25(16-24)30-26(32)19(3)28/h5-11,16-17,19,23H,12-15H2,1-4H3,(H,30,32)/b20-5+,29-17?. The molecular weight excluding hydrogens is 417 g/mol. The smallest absolute Gasteiger partial charge is 0.258 e. The Morgan fingerprint density at radius 2 is 1.76 bits per heavy atom. The van der Waals surface area contributed by atoms with Gasteiger partial charge >= 0.3 is 0 Å². The van der Waals surface area contributed by atoms with Gasteiger partial charge in [-0.15, -0.1) is 0 Å². The van der Waals surface area contributed by atoms with E-state index in [2.05, 4.69) is 34.6 Å². The Balaban J connectivity index is 1.64. The number of piperidine rings is 1. The molecule has 1 fully saturated rings. The van der Waals surface area contributed by atoms with Gasteiger partial charge in [0.2, 0.25) is 0 Å². The number of alkyl halides is 1. The number of likely N-dealkylation sites (tertiary alicyclic amines) is 1. The molecule has 3 rings (SSSR count). The largest absolute Gasteiger partial charge is 0.339 e. The maximum absolute atomic E-state index is 13.3. The fourth-order valence-corrected chi connectivity index (χ4v) is 4.12. The number of halogens is 1. The van der Waals surface area contributed by atoms with Crippen LogP contribution in [0.1, 0.15) is 59.7 Å². The van der Waals surface area contributed by atoms with Crippen LogP contribution in [0.2, 0.25) is 0 Å². The van der Waals surface area contributed by atoms with Crippen molar-refractivity contribution in [2.24, 2.45) is 4.99 Å². The molecule has 0 spiro atoms. The quantitative estimate of drug-likeness (QED) is 0.599. The number of anilines is 1. The van der Waals surface area contributed by atoms with E-state index in [1.54, 1.807) is 25.2 Å². The minimum Gasteiger partial charge on any atom is -0.339 e. The summed E-state index contributed by atoms with van der Waals surface area (Å²) in [6.07, 6.45) is 4.09. The summed E-state index contributed by atoms with van der Waals surface area (Å²) in [4.78, 5) is 30.8. The highest BCUT2D eigenvalue weighted by Crippen LogP contribution is 2.30. The Labute approximate surface area is 195 Å². The summed E-state index contributed by atoms with van der Waals surface area (Å²) >= 11 is 0. The first-order valence-electron chi connectivity index (χ1n) is 11.4. The summed E-state index contributed by atoms with van der Waals surface area (Å²) in [5, 5.41) is 2.56. The third-order valence-electron chi connectivity index (χ3n) is 6.18. The van der Waals surface area contributed by atoms with Gasteiger partial charge in [-0.05, 0) is 73.9 Å². The molecule has 174 valence electrons. The Hall–Kier alpha value is -3.28.